The van der Waals surface area contributed by atoms with Crippen LogP contribution in [0.25, 0.3) is 75.4 Å². The van der Waals surface area contributed by atoms with Crippen molar-refractivity contribution in [2.45, 2.75) is 39.5 Å². The molecule has 0 bridgehead atoms. The molecule has 0 heterocycles. The number of rotatable bonds is 4. The molecule has 232 valence electrons. The van der Waals surface area contributed by atoms with Gasteiger partial charge in [-0.1, -0.05) is 27.7 Å². The average Bonchev–Trinajstić information content (AvgIpc) is 2.98. The number of phenols is 6. The molecule has 0 unspecified atom stereocenters. The quantitative estimate of drug-likeness (QED) is 0.0915. The zero-order valence-corrected chi connectivity index (χ0v) is 25.6. The summed E-state index contributed by atoms with van der Waals surface area (Å²) >= 11 is 0. The van der Waals surface area contributed by atoms with Crippen LogP contribution in [0.15, 0.2) is 21.7 Å². The number of fused-ring (bicyclic) bond motifs is 2. The predicted octanol–water partition coefficient (Wildman–Crippen LogP) is 6.73. The van der Waals surface area contributed by atoms with Gasteiger partial charge in [-0.25, -0.2) is 0 Å². The van der Waals surface area contributed by atoms with E-state index in [0.717, 1.165) is 12.1 Å². The first-order valence-corrected chi connectivity index (χ1v) is 14.8. The van der Waals surface area contributed by atoms with Crippen molar-refractivity contribution in [2.24, 2.45) is 0 Å². The highest BCUT2D eigenvalue weighted by molar-refractivity contribution is 6.51. The maximum Gasteiger partial charge on any atom is 0.201 e. The van der Waals surface area contributed by atoms with Gasteiger partial charge in [0.1, 0.15) is 46.0 Å². The molecule has 6 N–H and O–H groups in total. The number of phenolic OH excluding ortho intramolecular Hbond substituents is 6. The molecule has 0 aliphatic heterocycles. The summed E-state index contributed by atoms with van der Waals surface area (Å²) in [5.74, 6) is -3.12. The van der Waals surface area contributed by atoms with Crippen molar-refractivity contribution >= 4 is 75.4 Å². The van der Waals surface area contributed by atoms with Crippen molar-refractivity contribution in [3.8, 4) is 46.0 Å². The molecule has 0 fully saturated rings. The van der Waals surface area contributed by atoms with Gasteiger partial charge in [-0.05, 0) is 11.8 Å². The normalized spacial score (nSPS) is 12.8. The van der Waals surface area contributed by atoms with Gasteiger partial charge in [-0.2, -0.15) is 0 Å². The van der Waals surface area contributed by atoms with E-state index in [4.69, 9.17) is 9.47 Å². The standard InChI is InChI=1S/C36H28O10/c1-9(2)15-31(41)29-25-23-21-17(11(37)7-13(39)19(21)33(29)43)18-12(38)8-14(40)20-22(18)24(23)26-28(27(25)35(15)45-5)36(46-6)16(10(3)4)32(42)30(26)34(20)44/h7-10,37-42H,1-6H3. The Morgan fingerprint density at radius 3 is 1.02 bits per heavy atom. The molecule has 0 spiro atoms. The van der Waals surface area contributed by atoms with E-state index in [1.54, 1.807) is 0 Å². The molecule has 0 saturated carbocycles. The van der Waals surface area contributed by atoms with Crippen LogP contribution in [0.3, 0.4) is 0 Å². The summed E-state index contributed by atoms with van der Waals surface area (Å²) in [4.78, 5) is 29.1. The molecule has 46 heavy (non-hydrogen) atoms. The Labute approximate surface area is 258 Å². The molecule has 10 nitrogen and oxygen atoms in total. The lowest BCUT2D eigenvalue weighted by atomic mass is 9.77. The van der Waals surface area contributed by atoms with Crippen LogP contribution in [0.2, 0.25) is 0 Å². The lowest BCUT2D eigenvalue weighted by Gasteiger charge is -2.28. The minimum atomic E-state index is -0.726. The summed E-state index contributed by atoms with van der Waals surface area (Å²) in [6, 6.07) is 1.95. The topological polar surface area (TPSA) is 174 Å². The van der Waals surface area contributed by atoms with Crippen LogP contribution in [0, 0.1) is 0 Å². The van der Waals surface area contributed by atoms with Crippen LogP contribution >= 0.6 is 0 Å². The van der Waals surface area contributed by atoms with Gasteiger partial charge in [-0.3, -0.25) is 9.59 Å². The molecule has 0 aliphatic rings. The predicted molar refractivity (Wildman–Crippen MR) is 178 cm³/mol. The molecule has 0 aliphatic carbocycles. The Hall–Kier alpha value is -5.64. The Kier molecular flexibility index (Phi) is 5.17. The fourth-order valence-electron chi connectivity index (χ4n) is 8.16. The zero-order valence-electron chi connectivity index (χ0n) is 25.6. The molecule has 0 saturated heterocycles. The number of benzene rings is 8. The molecule has 8 aromatic rings. The van der Waals surface area contributed by atoms with Crippen molar-refractivity contribution in [2.75, 3.05) is 14.2 Å². The third kappa shape index (κ3) is 2.80. The second-order valence-electron chi connectivity index (χ2n) is 12.6. The van der Waals surface area contributed by atoms with E-state index in [1.807, 2.05) is 27.7 Å². The first kappa shape index (κ1) is 27.9. The monoisotopic (exact) mass is 620 g/mol. The number of hydrogen-bond acceptors (Lipinski definition) is 10. The number of ether oxygens (including phenoxy) is 2. The second kappa shape index (κ2) is 8.54. The summed E-state index contributed by atoms with van der Waals surface area (Å²) in [5.41, 5.74) is -0.841. The largest absolute Gasteiger partial charge is 0.507 e. The van der Waals surface area contributed by atoms with Crippen molar-refractivity contribution in [3.05, 3.63) is 43.7 Å². The summed E-state index contributed by atoms with van der Waals surface area (Å²) in [6.45, 7) is 7.28. The summed E-state index contributed by atoms with van der Waals surface area (Å²) < 4.78 is 12.0. The number of aromatic hydroxyl groups is 6. The molecule has 8 aromatic carbocycles. The van der Waals surface area contributed by atoms with Gasteiger partial charge < -0.3 is 40.1 Å². The first-order valence-electron chi connectivity index (χ1n) is 14.8. The van der Waals surface area contributed by atoms with E-state index in [9.17, 15) is 40.2 Å². The molecular formula is C36H28O10. The third-order valence-corrected chi connectivity index (χ3v) is 9.72. The average molecular weight is 621 g/mol. The van der Waals surface area contributed by atoms with Crippen LogP contribution in [0.1, 0.15) is 50.7 Å². The van der Waals surface area contributed by atoms with Crippen molar-refractivity contribution in [3.63, 3.8) is 0 Å². The van der Waals surface area contributed by atoms with Crippen LogP contribution in [0.5, 0.6) is 46.0 Å². The lowest BCUT2D eigenvalue weighted by molar-refractivity contribution is 0.399. The maximum absolute atomic E-state index is 14.5. The molecule has 0 aromatic heterocycles. The summed E-state index contributed by atoms with van der Waals surface area (Å²) in [7, 11) is 2.85. The Morgan fingerprint density at radius 1 is 0.435 bits per heavy atom. The molecular weight excluding hydrogens is 592 g/mol. The van der Waals surface area contributed by atoms with Gasteiger partial charge in [0.15, 0.2) is 0 Å². The SMILES string of the molecule is COc1c(C(C)C)c(O)c2c(=O)c3c(O)cc(O)c4c5c(O)cc(O)c6c(=O)c7c(O)c(C(C)C)c(OC)c8c1c2c(c34)c(c65)c78. The Bertz CT molecular complexity index is 2570. The molecule has 10 heteroatoms. The van der Waals surface area contributed by atoms with Gasteiger partial charge in [0.2, 0.25) is 10.9 Å². The van der Waals surface area contributed by atoms with Crippen molar-refractivity contribution in [1.82, 2.24) is 0 Å². The Morgan fingerprint density at radius 2 is 0.717 bits per heavy atom. The van der Waals surface area contributed by atoms with E-state index in [0.29, 0.717) is 21.9 Å². The van der Waals surface area contributed by atoms with Gasteiger partial charge >= 0.3 is 0 Å². The number of methoxy groups -OCH3 is 2. The van der Waals surface area contributed by atoms with Gasteiger partial charge in [0.25, 0.3) is 0 Å². The smallest absolute Gasteiger partial charge is 0.201 e. The van der Waals surface area contributed by atoms with E-state index >= 15 is 0 Å². The molecule has 0 radical (unpaired) electrons. The van der Waals surface area contributed by atoms with Crippen LogP contribution in [-0.2, 0) is 0 Å². The van der Waals surface area contributed by atoms with Gasteiger partial charge in [-0.15, -0.1) is 0 Å². The van der Waals surface area contributed by atoms with Crippen LogP contribution in [0.4, 0.5) is 0 Å². The minimum Gasteiger partial charge on any atom is -0.507 e. The van der Waals surface area contributed by atoms with E-state index in [1.165, 1.54) is 14.2 Å². The highest BCUT2D eigenvalue weighted by atomic mass is 16.5. The van der Waals surface area contributed by atoms with E-state index < -0.39 is 33.9 Å². The lowest BCUT2D eigenvalue weighted by Crippen LogP contribution is -2.12. The van der Waals surface area contributed by atoms with Crippen molar-refractivity contribution in [1.29, 1.82) is 0 Å². The van der Waals surface area contributed by atoms with E-state index in [2.05, 4.69) is 0 Å². The van der Waals surface area contributed by atoms with Gasteiger partial charge in [0.05, 0.1) is 35.8 Å². The second-order valence-corrected chi connectivity index (χ2v) is 12.6. The van der Waals surface area contributed by atoms with Crippen molar-refractivity contribution < 1.29 is 40.1 Å². The summed E-state index contributed by atoms with van der Waals surface area (Å²) in [6.07, 6.45) is 0. The van der Waals surface area contributed by atoms with Gasteiger partial charge in [0, 0.05) is 77.1 Å². The minimum absolute atomic E-state index is 0.0358. The fraction of sp³-hybridized carbons (Fsp3) is 0.222. The van der Waals surface area contributed by atoms with Crippen LogP contribution in [-0.4, -0.2) is 44.9 Å². The van der Waals surface area contributed by atoms with E-state index in [-0.39, 0.29) is 99.5 Å². The highest BCUT2D eigenvalue weighted by Crippen LogP contribution is 2.61. The molecule has 0 amide bonds. The number of hydrogen-bond donors (Lipinski definition) is 6. The summed E-state index contributed by atoms with van der Waals surface area (Å²) in [5, 5.41) is 69.8. The fourth-order valence-corrected chi connectivity index (χ4v) is 8.16. The molecule has 8 rings (SSSR count). The molecule has 0 atom stereocenters. The zero-order chi connectivity index (χ0) is 33.0. The first-order chi connectivity index (χ1) is 21.8. The third-order valence-electron chi connectivity index (χ3n) is 9.72. The Balaban J connectivity index is 2.01. The highest BCUT2D eigenvalue weighted by Gasteiger charge is 2.37. The maximum atomic E-state index is 14.5. The van der Waals surface area contributed by atoms with Crippen LogP contribution < -0.4 is 20.3 Å².